The van der Waals surface area contributed by atoms with Gasteiger partial charge in [-0.3, -0.25) is 4.90 Å². The third-order valence-corrected chi connectivity index (χ3v) is 4.41. The zero-order valence-electron chi connectivity index (χ0n) is 13.6. The Kier molecular flexibility index (Phi) is 5.08. The molecule has 1 atom stereocenters. The van der Waals surface area contributed by atoms with Crippen LogP contribution in [0.25, 0.3) is 0 Å². The Bertz CT molecular complexity index is 612. The van der Waals surface area contributed by atoms with Crippen molar-refractivity contribution in [3.05, 3.63) is 47.7 Å². The van der Waals surface area contributed by atoms with Crippen molar-refractivity contribution in [2.45, 2.75) is 25.8 Å². The number of anilines is 1. The van der Waals surface area contributed by atoms with E-state index in [9.17, 15) is 0 Å². The van der Waals surface area contributed by atoms with Crippen LogP contribution < -0.4 is 10.5 Å². The summed E-state index contributed by atoms with van der Waals surface area (Å²) >= 11 is 0. The Morgan fingerprint density at radius 2 is 2.00 bits per heavy atom. The van der Waals surface area contributed by atoms with E-state index in [1.807, 2.05) is 24.3 Å². The van der Waals surface area contributed by atoms with Crippen molar-refractivity contribution in [3.8, 4) is 5.75 Å². The fraction of sp³-hybridized carbons (Fsp3) is 0.444. The maximum absolute atomic E-state index is 5.60. The van der Waals surface area contributed by atoms with Crippen LogP contribution in [0.2, 0.25) is 0 Å². The van der Waals surface area contributed by atoms with Crippen LogP contribution in [0.5, 0.6) is 5.75 Å². The van der Waals surface area contributed by atoms with Crippen molar-refractivity contribution in [1.82, 2.24) is 15.1 Å². The molecule has 0 aliphatic carbocycles. The molecule has 2 N–H and O–H groups in total. The van der Waals surface area contributed by atoms with Crippen LogP contribution in [-0.4, -0.2) is 35.3 Å². The normalized spacial score (nSPS) is 18.7. The van der Waals surface area contributed by atoms with Gasteiger partial charge in [-0.05, 0) is 61.6 Å². The molecule has 1 fully saturated rings. The smallest absolute Gasteiger partial charge is 0.146 e. The molecule has 5 heteroatoms. The summed E-state index contributed by atoms with van der Waals surface area (Å²) in [5.41, 5.74) is 7.97. The van der Waals surface area contributed by atoms with Gasteiger partial charge in [0.25, 0.3) is 0 Å². The summed E-state index contributed by atoms with van der Waals surface area (Å²) in [6, 6.07) is 12.2. The number of aromatic nitrogens is 2. The number of likely N-dealkylation sites (tertiary alicyclic amines) is 1. The Labute approximate surface area is 137 Å². The summed E-state index contributed by atoms with van der Waals surface area (Å²) in [5, 5.41) is 8.14. The van der Waals surface area contributed by atoms with Crippen LogP contribution in [0, 0.1) is 5.92 Å². The van der Waals surface area contributed by atoms with Gasteiger partial charge in [-0.25, -0.2) is 0 Å². The Morgan fingerprint density at radius 3 is 2.70 bits per heavy atom. The number of nitrogens with zero attached hydrogens (tertiary/aromatic N) is 3. The third-order valence-electron chi connectivity index (χ3n) is 4.41. The number of rotatable bonds is 5. The zero-order valence-corrected chi connectivity index (χ0v) is 13.6. The minimum atomic E-state index is 0.485. The summed E-state index contributed by atoms with van der Waals surface area (Å²) < 4.78 is 5.22. The number of methoxy groups -OCH3 is 1. The van der Waals surface area contributed by atoms with E-state index in [0.717, 1.165) is 37.5 Å². The third kappa shape index (κ3) is 4.42. The quantitative estimate of drug-likeness (QED) is 0.919. The maximum Gasteiger partial charge on any atom is 0.146 e. The van der Waals surface area contributed by atoms with Gasteiger partial charge >= 0.3 is 0 Å². The Morgan fingerprint density at radius 1 is 1.17 bits per heavy atom. The van der Waals surface area contributed by atoms with Gasteiger partial charge in [0.2, 0.25) is 0 Å². The molecule has 23 heavy (non-hydrogen) atoms. The first-order chi connectivity index (χ1) is 11.2. The number of hydrogen-bond acceptors (Lipinski definition) is 5. The van der Waals surface area contributed by atoms with Crippen LogP contribution >= 0.6 is 0 Å². The van der Waals surface area contributed by atoms with E-state index in [0.29, 0.717) is 11.7 Å². The van der Waals surface area contributed by atoms with Gasteiger partial charge < -0.3 is 10.5 Å². The van der Waals surface area contributed by atoms with E-state index < -0.39 is 0 Å². The highest BCUT2D eigenvalue weighted by Crippen LogP contribution is 2.22. The predicted octanol–water partition coefficient (Wildman–Crippen LogP) is 2.52. The maximum atomic E-state index is 5.60. The molecule has 2 aromatic rings. The second-order valence-corrected chi connectivity index (χ2v) is 6.25. The average Bonchev–Trinajstić information content (AvgIpc) is 2.58. The summed E-state index contributed by atoms with van der Waals surface area (Å²) in [6.45, 7) is 3.27. The second kappa shape index (κ2) is 7.42. The van der Waals surface area contributed by atoms with Gasteiger partial charge in [0.1, 0.15) is 11.6 Å². The molecule has 1 aliphatic rings. The summed E-state index contributed by atoms with van der Waals surface area (Å²) in [6.07, 6.45) is 3.47. The van der Waals surface area contributed by atoms with Gasteiger partial charge in [0.15, 0.2) is 0 Å². The zero-order chi connectivity index (χ0) is 16.1. The predicted molar refractivity (Wildman–Crippen MR) is 91.1 cm³/mol. The molecule has 0 unspecified atom stereocenters. The number of ether oxygens (including phenoxy) is 1. The molecule has 1 aromatic heterocycles. The Hall–Kier alpha value is -2.14. The van der Waals surface area contributed by atoms with Crippen LogP contribution in [0.15, 0.2) is 36.4 Å². The van der Waals surface area contributed by atoms with Gasteiger partial charge in [0, 0.05) is 13.1 Å². The number of hydrogen-bond donors (Lipinski definition) is 1. The average molecular weight is 312 g/mol. The van der Waals surface area contributed by atoms with E-state index in [4.69, 9.17) is 10.5 Å². The molecule has 0 bridgehead atoms. The molecule has 0 radical (unpaired) electrons. The molecular formula is C18H24N4O. The molecular weight excluding hydrogens is 288 g/mol. The fourth-order valence-corrected chi connectivity index (χ4v) is 3.23. The first kappa shape index (κ1) is 15.7. The van der Waals surface area contributed by atoms with E-state index in [1.54, 1.807) is 7.11 Å². The van der Waals surface area contributed by atoms with E-state index >= 15 is 0 Å². The van der Waals surface area contributed by atoms with Crippen LogP contribution in [-0.2, 0) is 13.0 Å². The number of nitrogen functional groups attached to an aromatic ring is 1. The molecule has 0 amide bonds. The number of piperidine rings is 1. The topological polar surface area (TPSA) is 64.3 Å². The highest BCUT2D eigenvalue weighted by molar-refractivity contribution is 5.27. The van der Waals surface area contributed by atoms with E-state index in [2.05, 4.69) is 27.2 Å². The first-order valence-corrected chi connectivity index (χ1v) is 8.16. The number of nitrogens with two attached hydrogens (primary N) is 1. The van der Waals surface area contributed by atoms with Gasteiger partial charge in [0.05, 0.1) is 12.8 Å². The molecule has 1 saturated heterocycles. The Balaban J connectivity index is 1.55. The van der Waals surface area contributed by atoms with Crippen molar-refractivity contribution < 1.29 is 4.74 Å². The molecule has 3 rings (SSSR count). The van der Waals surface area contributed by atoms with Crippen molar-refractivity contribution in [2.75, 3.05) is 25.9 Å². The fourth-order valence-electron chi connectivity index (χ4n) is 3.23. The van der Waals surface area contributed by atoms with Crippen LogP contribution in [0.1, 0.15) is 24.1 Å². The van der Waals surface area contributed by atoms with Crippen molar-refractivity contribution in [2.24, 2.45) is 5.92 Å². The molecule has 0 saturated carbocycles. The first-order valence-electron chi connectivity index (χ1n) is 8.16. The molecule has 122 valence electrons. The molecule has 1 aromatic carbocycles. The lowest BCUT2D eigenvalue weighted by molar-refractivity contribution is 0.166. The highest BCUT2D eigenvalue weighted by Gasteiger charge is 2.20. The molecule has 1 aliphatic heterocycles. The minimum absolute atomic E-state index is 0.485. The summed E-state index contributed by atoms with van der Waals surface area (Å²) in [7, 11) is 1.70. The van der Waals surface area contributed by atoms with Crippen molar-refractivity contribution in [1.29, 1.82) is 0 Å². The van der Waals surface area contributed by atoms with E-state index in [1.165, 1.54) is 18.4 Å². The minimum Gasteiger partial charge on any atom is -0.497 e. The van der Waals surface area contributed by atoms with Crippen LogP contribution in [0.3, 0.4) is 0 Å². The molecule has 0 spiro atoms. The van der Waals surface area contributed by atoms with Crippen molar-refractivity contribution in [3.63, 3.8) is 0 Å². The largest absolute Gasteiger partial charge is 0.497 e. The number of benzene rings is 1. The van der Waals surface area contributed by atoms with E-state index in [-0.39, 0.29) is 0 Å². The summed E-state index contributed by atoms with van der Waals surface area (Å²) in [5.74, 6) is 2.03. The lowest BCUT2D eigenvalue weighted by atomic mass is 9.93. The van der Waals surface area contributed by atoms with Gasteiger partial charge in [-0.1, -0.05) is 12.1 Å². The molecule has 5 nitrogen and oxygen atoms in total. The van der Waals surface area contributed by atoms with Gasteiger partial charge in [-0.2, -0.15) is 5.10 Å². The standard InChI is InChI=1S/C18H24N4O/c1-23-17-7-4-14(5-8-17)12-22-10-2-3-15(13-22)11-16-6-9-18(19)21-20-16/h4-9,15H,2-3,10-13H2,1H3,(H2,19,21)/t15-/m0/s1. The van der Waals surface area contributed by atoms with Gasteiger partial charge in [-0.15, -0.1) is 5.10 Å². The molecule has 2 heterocycles. The second-order valence-electron chi connectivity index (χ2n) is 6.25. The monoisotopic (exact) mass is 312 g/mol. The lowest BCUT2D eigenvalue weighted by Gasteiger charge is -2.32. The highest BCUT2D eigenvalue weighted by atomic mass is 16.5. The van der Waals surface area contributed by atoms with Crippen LogP contribution in [0.4, 0.5) is 5.82 Å². The SMILES string of the molecule is COc1ccc(CN2CCC[C@@H](Cc3ccc(N)nn3)C2)cc1. The lowest BCUT2D eigenvalue weighted by Crippen LogP contribution is -2.35. The van der Waals surface area contributed by atoms with Crippen molar-refractivity contribution >= 4 is 5.82 Å². The summed E-state index contributed by atoms with van der Waals surface area (Å²) in [4.78, 5) is 2.53.